The molecule has 1 aromatic carbocycles. The Kier molecular flexibility index (Phi) is 5.34. The molecule has 6 nitrogen and oxygen atoms in total. The van der Waals surface area contributed by atoms with Gasteiger partial charge in [-0.1, -0.05) is 18.2 Å². The molecule has 0 saturated carbocycles. The number of aromatic nitrogens is 2. The number of amides is 2. The Morgan fingerprint density at radius 1 is 1.23 bits per heavy atom. The zero-order valence-corrected chi connectivity index (χ0v) is 14.0. The summed E-state index contributed by atoms with van der Waals surface area (Å²) < 4.78 is 37.8. The molecule has 2 N–H and O–H groups in total. The van der Waals surface area contributed by atoms with Gasteiger partial charge in [0.25, 0.3) is 0 Å². The lowest BCUT2D eigenvalue weighted by Crippen LogP contribution is -2.46. The van der Waals surface area contributed by atoms with Crippen LogP contribution in [0.1, 0.15) is 12.8 Å². The van der Waals surface area contributed by atoms with Crippen molar-refractivity contribution in [1.29, 1.82) is 0 Å². The van der Waals surface area contributed by atoms with E-state index >= 15 is 0 Å². The lowest BCUT2D eigenvalue weighted by atomic mass is 10.1. The molecule has 0 aliphatic carbocycles. The zero-order chi connectivity index (χ0) is 18.6. The van der Waals surface area contributed by atoms with Gasteiger partial charge in [0.15, 0.2) is 5.82 Å². The van der Waals surface area contributed by atoms with E-state index in [-0.39, 0.29) is 17.9 Å². The highest BCUT2D eigenvalue weighted by molar-refractivity contribution is 5.88. The highest BCUT2D eigenvalue weighted by Gasteiger charge is 2.29. The van der Waals surface area contributed by atoms with Gasteiger partial charge in [0, 0.05) is 37.1 Å². The Labute approximate surface area is 149 Å². The molecule has 3 rings (SSSR count). The number of nitrogens with zero attached hydrogens (tertiary/aromatic N) is 3. The van der Waals surface area contributed by atoms with Crippen LogP contribution in [0.5, 0.6) is 0 Å². The molecular formula is C17H20F3N5O. The second-order valence-corrected chi connectivity index (χ2v) is 6.24. The van der Waals surface area contributed by atoms with Crippen molar-refractivity contribution in [3.63, 3.8) is 0 Å². The number of para-hydroxylation sites is 1. The number of hydrogen-bond donors (Lipinski definition) is 2. The highest BCUT2D eigenvalue weighted by atomic mass is 19.4. The normalized spacial score (nSPS) is 17.8. The molecule has 0 spiro atoms. The zero-order valence-electron chi connectivity index (χ0n) is 14.0. The van der Waals surface area contributed by atoms with Gasteiger partial charge < -0.3 is 10.2 Å². The quantitative estimate of drug-likeness (QED) is 0.869. The summed E-state index contributed by atoms with van der Waals surface area (Å²) in [6.45, 7) is -0.0678. The van der Waals surface area contributed by atoms with E-state index < -0.39 is 12.7 Å². The summed E-state index contributed by atoms with van der Waals surface area (Å²) in [5.41, 5.74) is 0.991. The number of nitrogens with one attached hydrogen (secondary N) is 2. The summed E-state index contributed by atoms with van der Waals surface area (Å²) >= 11 is 0. The number of piperidine rings is 1. The van der Waals surface area contributed by atoms with Gasteiger partial charge in [-0.2, -0.15) is 18.3 Å². The third-order valence-electron chi connectivity index (χ3n) is 4.07. The third kappa shape index (κ3) is 5.14. The van der Waals surface area contributed by atoms with E-state index in [4.69, 9.17) is 0 Å². The van der Waals surface area contributed by atoms with Crippen molar-refractivity contribution in [3.05, 3.63) is 42.6 Å². The predicted molar refractivity (Wildman–Crippen MR) is 92.0 cm³/mol. The first-order chi connectivity index (χ1) is 12.4. The van der Waals surface area contributed by atoms with Gasteiger partial charge in [0.05, 0.1) is 0 Å². The molecule has 26 heavy (non-hydrogen) atoms. The minimum atomic E-state index is -4.35. The molecule has 0 bridgehead atoms. The van der Waals surface area contributed by atoms with Gasteiger partial charge in [0.2, 0.25) is 0 Å². The first-order valence-corrected chi connectivity index (χ1v) is 8.37. The molecule has 1 atom stereocenters. The van der Waals surface area contributed by atoms with E-state index in [1.807, 2.05) is 30.3 Å². The Bertz CT molecular complexity index is 731. The van der Waals surface area contributed by atoms with Gasteiger partial charge in [-0.3, -0.25) is 10.00 Å². The predicted octanol–water partition coefficient (Wildman–Crippen LogP) is 3.55. The SMILES string of the molecule is O=C(Nc1ccn(CC(F)(F)F)n1)N1CCCC(Nc2ccccc2)C1. The van der Waals surface area contributed by atoms with Crippen molar-refractivity contribution in [2.24, 2.45) is 0 Å². The summed E-state index contributed by atoms with van der Waals surface area (Å²) in [5.74, 6) is 0.109. The van der Waals surface area contributed by atoms with Crippen LogP contribution in [0.25, 0.3) is 0 Å². The Hall–Kier alpha value is -2.71. The van der Waals surface area contributed by atoms with Crippen molar-refractivity contribution in [1.82, 2.24) is 14.7 Å². The average Bonchev–Trinajstić information content (AvgIpc) is 3.01. The van der Waals surface area contributed by atoms with Gasteiger partial charge in [-0.15, -0.1) is 0 Å². The number of benzene rings is 1. The molecule has 1 fully saturated rings. The number of urea groups is 1. The molecule has 0 radical (unpaired) electrons. The fourth-order valence-corrected chi connectivity index (χ4v) is 2.94. The van der Waals surface area contributed by atoms with Gasteiger partial charge in [-0.25, -0.2) is 4.79 Å². The molecule has 2 aromatic rings. The molecule has 9 heteroatoms. The lowest BCUT2D eigenvalue weighted by molar-refractivity contribution is -0.142. The number of carbonyl (C=O) groups excluding carboxylic acids is 1. The van der Waals surface area contributed by atoms with E-state index in [2.05, 4.69) is 15.7 Å². The van der Waals surface area contributed by atoms with Gasteiger partial charge >= 0.3 is 12.2 Å². The Balaban J connectivity index is 1.54. The molecular weight excluding hydrogens is 347 g/mol. The largest absolute Gasteiger partial charge is 0.408 e. The van der Waals surface area contributed by atoms with E-state index in [1.54, 1.807) is 4.90 Å². The molecule has 140 valence electrons. The van der Waals surface area contributed by atoms with E-state index in [0.29, 0.717) is 13.1 Å². The highest BCUT2D eigenvalue weighted by Crippen LogP contribution is 2.19. The van der Waals surface area contributed by atoms with Crippen LogP contribution in [0, 0.1) is 0 Å². The number of rotatable bonds is 4. The standard InChI is InChI=1S/C17H20F3N5O/c18-17(19,20)12-25-10-8-15(23-25)22-16(26)24-9-4-7-14(11-24)21-13-5-2-1-3-6-13/h1-3,5-6,8,10,14,21H,4,7,9,11-12H2,(H,22,23,26). The minimum Gasteiger partial charge on any atom is -0.381 e. The van der Waals surface area contributed by atoms with Crippen LogP contribution in [0.4, 0.5) is 29.5 Å². The van der Waals surface area contributed by atoms with Crippen LogP contribution in [-0.4, -0.2) is 46.0 Å². The fourth-order valence-electron chi connectivity index (χ4n) is 2.94. The second-order valence-electron chi connectivity index (χ2n) is 6.24. The van der Waals surface area contributed by atoms with Crippen LogP contribution < -0.4 is 10.6 Å². The van der Waals surface area contributed by atoms with Crippen LogP contribution in [0.3, 0.4) is 0 Å². The maximum atomic E-state index is 12.4. The molecule has 1 aliphatic rings. The van der Waals surface area contributed by atoms with Crippen molar-refractivity contribution in [3.8, 4) is 0 Å². The molecule has 2 amide bonds. The monoisotopic (exact) mass is 367 g/mol. The van der Waals surface area contributed by atoms with Gasteiger partial charge in [-0.05, 0) is 25.0 Å². The van der Waals surface area contributed by atoms with Crippen LogP contribution in [0.15, 0.2) is 42.6 Å². The van der Waals surface area contributed by atoms with E-state index in [9.17, 15) is 18.0 Å². The summed E-state index contributed by atoms with van der Waals surface area (Å²) in [7, 11) is 0. The number of carbonyl (C=O) groups is 1. The summed E-state index contributed by atoms with van der Waals surface area (Å²) in [6.07, 6.45) is -1.37. The van der Waals surface area contributed by atoms with E-state index in [1.165, 1.54) is 12.3 Å². The van der Waals surface area contributed by atoms with Crippen molar-refractivity contribution >= 4 is 17.5 Å². The van der Waals surface area contributed by atoms with Crippen molar-refractivity contribution < 1.29 is 18.0 Å². The first-order valence-electron chi connectivity index (χ1n) is 8.37. The molecule has 1 unspecified atom stereocenters. The number of alkyl halides is 3. The lowest BCUT2D eigenvalue weighted by Gasteiger charge is -2.33. The smallest absolute Gasteiger partial charge is 0.381 e. The maximum Gasteiger partial charge on any atom is 0.408 e. The Morgan fingerprint density at radius 2 is 2.00 bits per heavy atom. The van der Waals surface area contributed by atoms with Gasteiger partial charge in [0.1, 0.15) is 6.54 Å². The summed E-state index contributed by atoms with van der Waals surface area (Å²) in [6, 6.07) is 10.9. The molecule has 1 aromatic heterocycles. The summed E-state index contributed by atoms with van der Waals surface area (Å²) in [4.78, 5) is 14.0. The first kappa shape index (κ1) is 18.1. The van der Waals surface area contributed by atoms with Crippen LogP contribution in [0.2, 0.25) is 0 Å². The van der Waals surface area contributed by atoms with Crippen molar-refractivity contribution in [2.75, 3.05) is 23.7 Å². The average molecular weight is 367 g/mol. The molecule has 1 aliphatic heterocycles. The van der Waals surface area contributed by atoms with Crippen molar-refractivity contribution in [2.45, 2.75) is 31.6 Å². The summed E-state index contributed by atoms with van der Waals surface area (Å²) in [5, 5.41) is 9.69. The number of halogens is 3. The third-order valence-corrected chi connectivity index (χ3v) is 4.07. The van der Waals surface area contributed by atoms with E-state index in [0.717, 1.165) is 23.2 Å². The fraction of sp³-hybridized carbons (Fsp3) is 0.412. The topological polar surface area (TPSA) is 62.2 Å². The maximum absolute atomic E-state index is 12.4. The number of likely N-dealkylation sites (tertiary alicyclic amines) is 1. The minimum absolute atomic E-state index is 0.109. The second kappa shape index (κ2) is 7.67. The molecule has 2 heterocycles. The number of hydrogen-bond acceptors (Lipinski definition) is 3. The molecule has 1 saturated heterocycles. The Morgan fingerprint density at radius 3 is 2.73 bits per heavy atom. The number of anilines is 2. The van der Waals surface area contributed by atoms with Crippen LogP contribution in [-0.2, 0) is 6.54 Å². The van der Waals surface area contributed by atoms with Crippen LogP contribution >= 0.6 is 0 Å².